The van der Waals surface area contributed by atoms with Gasteiger partial charge in [0.2, 0.25) is 0 Å². The van der Waals surface area contributed by atoms with Crippen LogP contribution in [0.3, 0.4) is 0 Å². The number of nitrogens with zero attached hydrogens (tertiary/aromatic N) is 1. The molecular formula is C13H16N4O3S. The molecule has 4 N–H and O–H groups in total. The molecule has 0 atom stereocenters. The van der Waals surface area contributed by atoms with Crippen molar-refractivity contribution in [3.05, 3.63) is 48.2 Å². The van der Waals surface area contributed by atoms with Gasteiger partial charge in [0.05, 0.1) is 17.2 Å². The van der Waals surface area contributed by atoms with Crippen LogP contribution in [0.15, 0.2) is 47.5 Å². The van der Waals surface area contributed by atoms with Crippen molar-refractivity contribution in [2.24, 2.45) is 5.84 Å². The first-order valence-electron chi connectivity index (χ1n) is 6.09. The molecule has 8 heteroatoms. The molecule has 0 aliphatic heterocycles. The molecule has 7 nitrogen and oxygen atoms in total. The number of aromatic nitrogens is 1. The third kappa shape index (κ3) is 3.69. The molecule has 0 aliphatic rings. The van der Waals surface area contributed by atoms with Crippen LogP contribution in [0.25, 0.3) is 0 Å². The van der Waals surface area contributed by atoms with E-state index >= 15 is 0 Å². The number of nitrogens with one attached hydrogen (secondary N) is 2. The number of para-hydroxylation sites is 1. The van der Waals surface area contributed by atoms with E-state index in [-0.39, 0.29) is 10.7 Å². The lowest BCUT2D eigenvalue weighted by atomic mass is 10.2. The largest absolute Gasteiger partial charge is 0.380 e. The van der Waals surface area contributed by atoms with Crippen LogP contribution in [0.4, 0.5) is 11.5 Å². The average Bonchev–Trinajstić information content (AvgIpc) is 2.49. The molecule has 2 rings (SSSR count). The van der Waals surface area contributed by atoms with E-state index in [1.165, 1.54) is 18.3 Å². The van der Waals surface area contributed by atoms with Gasteiger partial charge in [-0.2, -0.15) is 0 Å². The highest BCUT2D eigenvalue weighted by Crippen LogP contribution is 2.21. The Balaban J connectivity index is 2.33. The molecule has 0 unspecified atom stereocenters. The maximum Gasteiger partial charge on any atom is 0.262 e. The van der Waals surface area contributed by atoms with E-state index in [1.54, 1.807) is 25.3 Å². The quantitative estimate of drug-likeness (QED) is 0.549. The van der Waals surface area contributed by atoms with Crippen LogP contribution in [-0.2, 0) is 21.4 Å². The number of methoxy groups -OCH3 is 1. The number of nitrogen functional groups attached to an aromatic ring is 1. The minimum atomic E-state index is -3.73. The zero-order valence-corrected chi connectivity index (χ0v) is 12.2. The van der Waals surface area contributed by atoms with Gasteiger partial charge in [-0.3, -0.25) is 4.72 Å². The number of anilines is 2. The third-order valence-electron chi connectivity index (χ3n) is 2.75. The molecule has 0 saturated carbocycles. The standard InChI is InChI=1S/C13H16N4O3S/c1-20-9-10-4-2-3-5-12(10)17-21(18,19)11-6-7-15-13(8-11)16-14/h2-8,17H,9,14H2,1H3,(H,15,16). The van der Waals surface area contributed by atoms with E-state index < -0.39 is 10.0 Å². The summed E-state index contributed by atoms with van der Waals surface area (Å²) in [6.45, 7) is 0.310. The molecular weight excluding hydrogens is 292 g/mol. The van der Waals surface area contributed by atoms with Gasteiger partial charge in [0.15, 0.2) is 0 Å². The van der Waals surface area contributed by atoms with Gasteiger partial charge in [0.1, 0.15) is 5.82 Å². The molecule has 112 valence electrons. The molecule has 0 saturated heterocycles. The number of pyridine rings is 1. The maximum atomic E-state index is 12.4. The Morgan fingerprint density at radius 3 is 2.76 bits per heavy atom. The highest BCUT2D eigenvalue weighted by atomic mass is 32.2. The lowest BCUT2D eigenvalue weighted by Gasteiger charge is -2.12. The Bertz CT molecular complexity index is 719. The number of ether oxygens (including phenoxy) is 1. The van der Waals surface area contributed by atoms with E-state index in [1.807, 2.05) is 6.07 Å². The lowest BCUT2D eigenvalue weighted by Crippen LogP contribution is -2.16. The van der Waals surface area contributed by atoms with Crippen LogP contribution < -0.4 is 16.0 Å². The van der Waals surface area contributed by atoms with Gasteiger partial charge >= 0.3 is 0 Å². The van der Waals surface area contributed by atoms with Crippen molar-refractivity contribution in [1.29, 1.82) is 0 Å². The smallest absolute Gasteiger partial charge is 0.262 e. The van der Waals surface area contributed by atoms with Crippen molar-refractivity contribution >= 4 is 21.5 Å². The van der Waals surface area contributed by atoms with Crippen LogP contribution in [0.1, 0.15) is 5.56 Å². The van der Waals surface area contributed by atoms with Crippen molar-refractivity contribution in [3.63, 3.8) is 0 Å². The molecule has 2 aromatic rings. The predicted octanol–water partition coefficient (Wildman–Crippen LogP) is 1.31. The first-order valence-corrected chi connectivity index (χ1v) is 7.57. The summed E-state index contributed by atoms with van der Waals surface area (Å²) in [5.41, 5.74) is 3.53. The summed E-state index contributed by atoms with van der Waals surface area (Å²) in [5.74, 6) is 5.50. The van der Waals surface area contributed by atoms with E-state index in [0.29, 0.717) is 12.3 Å². The van der Waals surface area contributed by atoms with E-state index in [2.05, 4.69) is 15.1 Å². The molecule has 0 amide bonds. The number of sulfonamides is 1. The summed E-state index contributed by atoms with van der Waals surface area (Å²) in [6.07, 6.45) is 1.37. The number of rotatable bonds is 6. The van der Waals surface area contributed by atoms with Crippen LogP contribution in [-0.4, -0.2) is 20.5 Å². The third-order valence-corrected chi connectivity index (χ3v) is 4.11. The Kier molecular flexibility index (Phi) is 4.73. The van der Waals surface area contributed by atoms with Gasteiger partial charge in [-0.05, 0) is 12.1 Å². The first-order chi connectivity index (χ1) is 10.1. The summed E-state index contributed by atoms with van der Waals surface area (Å²) in [4.78, 5) is 3.94. The van der Waals surface area contributed by atoms with Crippen molar-refractivity contribution in [2.45, 2.75) is 11.5 Å². The van der Waals surface area contributed by atoms with Crippen molar-refractivity contribution in [3.8, 4) is 0 Å². The first kappa shape index (κ1) is 15.2. The molecule has 0 bridgehead atoms. The minimum absolute atomic E-state index is 0.0673. The summed E-state index contributed by atoms with van der Waals surface area (Å²) >= 11 is 0. The van der Waals surface area contributed by atoms with E-state index in [4.69, 9.17) is 10.6 Å². The second kappa shape index (κ2) is 6.53. The Labute approximate surface area is 123 Å². The number of benzene rings is 1. The van der Waals surface area contributed by atoms with Gasteiger partial charge in [0, 0.05) is 24.9 Å². The van der Waals surface area contributed by atoms with Gasteiger partial charge in [0.25, 0.3) is 10.0 Å². The zero-order chi connectivity index (χ0) is 15.3. The van der Waals surface area contributed by atoms with Crippen molar-refractivity contribution < 1.29 is 13.2 Å². The SMILES string of the molecule is COCc1ccccc1NS(=O)(=O)c1ccnc(NN)c1. The number of hydrogen-bond donors (Lipinski definition) is 3. The molecule has 1 heterocycles. The molecule has 1 aromatic heterocycles. The predicted molar refractivity (Wildman–Crippen MR) is 80.0 cm³/mol. The molecule has 0 radical (unpaired) electrons. The maximum absolute atomic E-state index is 12.4. The number of nitrogens with two attached hydrogens (primary N) is 1. The molecule has 0 spiro atoms. The van der Waals surface area contributed by atoms with Crippen molar-refractivity contribution in [2.75, 3.05) is 17.3 Å². The fourth-order valence-electron chi connectivity index (χ4n) is 1.76. The fourth-order valence-corrected chi connectivity index (χ4v) is 2.88. The summed E-state index contributed by atoms with van der Waals surface area (Å²) in [5, 5.41) is 0. The average molecular weight is 308 g/mol. The van der Waals surface area contributed by atoms with Gasteiger partial charge in [-0.25, -0.2) is 19.2 Å². The van der Waals surface area contributed by atoms with Crippen LogP contribution in [0, 0.1) is 0 Å². The lowest BCUT2D eigenvalue weighted by molar-refractivity contribution is 0.185. The second-order valence-corrected chi connectivity index (χ2v) is 5.90. The molecule has 21 heavy (non-hydrogen) atoms. The molecule has 0 aliphatic carbocycles. The van der Waals surface area contributed by atoms with Gasteiger partial charge in [-0.15, -0.1) is 0 Å². The normalized spacial score (nSPS) is 11.1. The highest BCUT2D eigenvalue weighted by molar-refractivity contribution is 7.92. The summed E-state index contributed by atoms with van der Waals surface area (Å²) < 4.78 is 32.3. The minimum Gasteiger partial charge on any atom is -0.380 e. The summed E-state index contributed by atoms with van der Waals surface area (Å²) in [6, 6.07) is 9.77. The fraction of sp³-hybridized carbons (Fsp3) is 0.154. The summed E-state index contributed by atoms with van der Waals surface area (Å²) in [7, 11) is -2.18. The topological polar surface area (TPSA) is 106 Å². The van der Waals surface area contributed by atoms with Gasteiger partial charge in [-0.1, -0.05) is 18.2 Å². The second-order valence-electron chi connectivity index (χ2n) is 4.22. The zero-order valence-electron chi connectivity index (χ0n) is 11.4. The number of hydrazine groups is 1. The Morgan fingerprint density at radius 2 is 2.05 bits per heavy atom. The Hall–Kier alpha value is -2.16. The molecule has 1 aromatic carbocycles. The van der Waals surface area contributed by atoms with Crippen LogP contribution in [0.2, 0.25) is 0 Å². The van der Waals surface area contributed by atoms with Crippen LogP contribution in [0.5, 0.6) is 0 Å². The van der Waals surface area contributed by atoms with Gasteiger partial charge < -0.3 is 10.2 Å². The van der Waals surface area contributed by atoms with E-state index in [9.17, 15) is 8.42 Å². The van der Waals surface area contributed by atoms with Crippen LogP contribution >= 0.6 is 0 Å². The monoisotopic (exact) mass is 308 g/mol. The number of hydrogen-bond acceptors (Lipinski definition) is 6. The van der Waals surface area contributed by atoms with E-state index in [0.717, 1.165) is 5.56 Å². The van der Waals surface area contributed by atoms with Crippen molar-refractivity contribution in [1.82, 2.24) is 4.98 Å². The highest BCUT2D eigenvalue weighted by Gasteiger charge is 2.16. The Morgan fingerprint density at radius 1 is 1.29 bits per heavy atom. The molecule has 0 fully saturated rings.